The molecule has 1 amide bonds. The number of aryl methyl sites for hydroxylation is 1. The van der Waals surface area contributed by atoms with Gasteiger partial charge in [-0.3, -0.25) is 4.79 Å². The first kappa shape index (κ1) is 15.0. The van der Waals surface area contributed by atoms with Crippen LogP contribution in [0.15, 0.2) is 47.0 Å². The molecule has 23 heavy (non-hydrogen) atoms. The van der Waals surface area contributed by atoms with Crippen molar-refractivity contribution in [3.63, 3.8) is 0 Å². The van der Waals surface area contributed by atoms with E-state index in [9.17, 15) is 9.18 Å². The molecule has 0 bridgehead atoms. The van der Waals surface area contributed by atoms with E-state index in [1.807, 2.05) is 6.92 Å². The summed E-state index contributed by atoms with van der Waals surface area (Å²) in [5, 5.41) is 10.6. The van der Waals surface area contributed by atoms with Crippen molar-refractivity contribution in [2.45, 2.75) is 19.9 Å². The van der Waals surface area contributed by atoms with Crippen molar-refractivity contribution in [3.05, 3.63) is 54.3 Å². The van der Waals surface area contributed by atoms with Gasteiger partial charge in [-0.15, -0.1) is 10.2 Å². The lowest BCUT2D eigenvalue weighted by Gasteiger charge is -2.08. The molecular weight excluding hydrogens is 299 g/mol. The summed E-state index contributed by atoms with van der Waals surface area (Å²) >= 11 is 0. The van der Waals surface area contributed by atoms with Crippen LogP contribution in [0.3, 0.4) is 0 Å². The number of aromatic nitrogens is 3. The summed E-state index contributed by atoms with van der Waals surface area (Å²) in [7, 11) is 0. The van der Waals surface area contributed by atoms with E-state index in [0.29, 0.717) is 29.6 Å². The van der Waals surface area contributed by atoms with Crippen molar-refractivity contribution in [1.82, 2.24) is 14.8 Å². The zero-order valence-corrected chi connectivity index (χ0v) is 12.5. The van der Waals surface area contributed by atoms with Crippen LogP contribution in [-0.2, 0) is 17.8 Å². The standard InChI is InChI=1S/C16H15FN4O2/c1-2-15-19-20-16(23-15)13-4-3-9-21(13)10-14(22)18-12-7-5-11(17)6-8-12/h3-9H,2,10H2,1H3,(H,18,22). The molecule has 0 saturated carbocycles. The second kappa shape index (κ2) is 6.43. The van der Waals surface area contributed by atoms with Gasteiger partial charge in [0.1, 0.15) is 18.1 Å². The van der Waals surface area contributed by atoms with E-state index in [0.717, 1.165) is 0 Å². The van der Waals surface area contributed by atoms with E-state index in [2.05, 4.69) is 15.5 Å². The van der Waals surface area contributed by atoms with Gasteiger partial charge in [-0.05, 0) is 36.4 Å². The van der Waals surface area contributed by atoms with Crippen LogP contribution in [0.2, 0.25) is 0 Å². The highest BCUT2D eigenvalue weighted by Crippen LogP contribution is 2.19. The van der Waals surface area contributed by atoms with Gasteiger partial charge in [-0.1, -0.05) is 6.92 Å². The number of hydrogen-bond acceptors (Lipinski definition) is 4. The lowest BCUT2D eigenvalue weighted by atomic mass is 10.3. The Morgan fingerprint density at radius 2 is 2.04 bits per heavy atom. The molecule has 6 nitrogen and oxygen atoms in total. The Labute approximate surface area is 132 Å². The minimum Gasteiger partial charge on any atom is -0.419 e. The van der Waals surface area contributed by atoms with Crippen molar-refractivity contribution >= 4 is 11.6 Å². The van der Waals surface area contributed by atoms with Crippen molar-refractivity contribution in [3.8, 4) is 11.6 Å². The number of nitrogens with zero attached hydrogens (tertiary/aromatic N) is 3. The topological polar surface area (TPSA) is 73.0 Å². The summed E-state index contributed by atoms with van der Waals surface area (Å²) in [4.78, 5) is 12.1. The molecule has 0 atom stereocenters. The molecule has 0 aliphatic carbocycles. The van der Waals surface area contributed by atoms with Gasteiger partial charge >= 0.3 is 0 Å². The van der Waals surface area contributed by atoms with Crippen LogP contribution in [0.4, 0.5) is 10.1 Å². The van der Waals surface area contributed by atoms with Crippen LogP contribution < -0.4 is 5.32 Å². The molecule has 0 radical (unpaired) electrons. The third-order valence-corrected chi connectivity index (χ3v) is 3.26. The number of hydrogen-bond donors (Lipinski definition) is 1. The number of benzene rings is 1. The van der Waals surface area contributed by atoms with Gasteiger partial charge in [-0.25, -0.2) is 4.39 Å². The van der Waals surface area contributed by atoms with Crippen LogP contribution in [0, 0.1) is 5.82 Å². The van der Waals surface area contributed by atoms with Gasteiger partial charge in [0.05, 0.1) is 0 Å². The molecule has 7 heteroatoms. The second-order valence-corrected chi connectivity index (χ2v) is 4.93. The molecule has 0 aliphatic rings. The predicted molar refractivity (Wildman–Crippen MR) is 82.1 cm³/mol. The van der Waals surface area contributed by atoms with E-state index in [1.165, 1.54) is 24.3 Å². The molecular formula is C16H15FN4O2. The summed E-state index contributed by atoms with van der Waals surface area (Å²) in [5.41, 5.74) is 1.21. The van der Waals surface area contributed by atoms with Gasteiger partial charge in [0, 0.05) is 18.3 Å². The van der Waals surface area contributed by atoms with E-state index in [4.69, 9.17) is 4.42 Å². The molecule has 3 rings (SSSR count). The fraction of sp³-hybridized carbons (Fsp3) is 0.188. The van der Waals surface area contributed by atoms with Gasteiger partial charge in [0.2, 0.25) is 11.8 Å². The fourth-order valence-electron chi connectivity index (χ4n) is 2.13. The first-order chi connectivity index (χ1) is 11.2. The summed E-state index contributed by atoms with van der Waals surface area (Å²) in [6.07, 6.45) is 2.41. The highest BCUT2D eigenvalue weighted by atomic mass is 19.1. The van der Waals surface area contributed by atoms with Gasteiger partial charge in [0.15, 0.2) is 0 Å². The molecule has 118 valence electrons. The first-order valence-corrected chi connectivity index (χ1v) is 7.19. The molecule has 2 aromatic heterocycles. The number of amides is 1. The second-order valence-electron chi connectivity index (χ2n) is 4.93. The minimum atomic E-state index is -0.348. The molecule has 0 unspecified atom stereocenters. The molecule has 3 aromatic rings. The number of anilines is 1. The highest BCUT2D eigenvalue weighted by molar-refractivity contribution is 5.90. The zero-order valence-electron chi connectivity index (χ0n) is 12.5. The first-order valence-electron chi connectivity index (χ1n) is 7.19. The van der Waals surface area contributed by atoms with Gasteiger partial charge in [0.25, 0.3) is 5.89 Å². The van der Waals surface area contributed by atoms with Crippen molar-refractivity contribution < 1.29 is 13.6 Å². The Morgan fingerprint density at radius 1 is 1.26 bits per heavy atom. The minimum absolute atomic E-state index is 0.0869. The monoisotopic (exact) mass is 314 g/mol. The summed E-state index contributed by atoms with van der Waals surface area (Å²) in [6.45, 7) is 2.01. The average molecular weight is 314 g/mol. The summed E-state index contributed by atoms with van der Waals surface area (Å²) in [5.74, 6) is 0.341. The lowest BCUT2D eigenvalue weighted by molar-refractivity contribution is -0.116. The van der Waals surface area contributed by atoms with E-state index >= 15 is 0 Å². The molecule has 1 N–H and O–H groups in total. The Balaban J connectivity index is 1.72. The zero-order chi connectivity index (χ0) is 16.2. The SMILES string of the molecule is CCc1nnc(-c2cccn2CC(=O)Nc2ccc(F)cc2)o1. The number of rotatable bonds is 5. The van der Waals surface area contributed by atoms with E-state index < -0.39 is 0 Å². The Kier molecular flexibility index (Phi) is 4.18. The maximum Gasteiger partial charge on any atom is 0.264 e. The summed E-state index contributed by atoms with van der Waals surface area (Å²) < 4.78 is 20.1. The molecule has 0 saturated heterocycles. The highest BCUT2D eigenvalue weighted by Gasteiger charge is 2.13. The van der Waals surface area contributed by atoms with Crippen LogP contribution >= 0.6 is 0 Å². The van der Waals surface area contributed by atoms with Crippen molar-refractivity contribution in [2.75, 3.05) is 5.32 Å². The molecule has 2 heterocycles. The molecule has 0 spiro atoms. The average Bonchev–Trinajstić information content (AvgIpc) is 3.18. The van der Waals surface area contributed by atoms with Gasteiger partial charge < -0.3 is 14.3 Å². The van der Waals surface area contributed by atoms with Crippen LogP contribution in [0.1, 0.15) is 12.8 Å². The Morgan fingerprint density at radius 3 is 2.74 bits per heavy atom. The van der Waals surface area contributed by atoms with Crippen LogP contribution in [0.5, 0.6) is 0 Å². The number of halogens is 1. The smallest absolute Gasteiger partial charge is 0.264 e. The van der Waals surface area contributed by atoms with E-state index in [1.54, 1.807) is 22.9 Å². The Bertz CT molecular complexity index is 808. The molecule has 0 fully saturated rings. The maximum absolute atomic E-state index is 12.9. The Hall–Kier alpha value is -2.96. The molecule has 1 aromatic carbocycles. The summed E-state index contributed by atoms with van der Waals surface area (Å²) in [6, 6.07) is 9.21. The van der Waals surface area contributed by atoms with Crippen LogP contribution in [0.25, 0.3) is 11.6 Å². The normalized spacial score (nSPS) is 10.7. The number of carbonyl (C=O) groups excluding carboxylic acids is 1. The van der Waals surface area contributed by atoms with E-state index in [-0.39, 0.29) is 18.3 Å². The third kappa shape index (κ3) is 3.45. The fourth-order valence-corrected chi connectivity index (χ4v) is 2.13. The number of carbonyl (C=O) groups is 1. The van der Waals surface area contributed by atoms with Crippen molar-refractivity contribution in [2.24, 2.45) is 0 Å². The van der Waals surface area contributed by atoms with Crippen molar-refractivity contribution in [1.29, 1.82) is 0 Å². The largest absolute Gasteiger partial charge is 0.419 e. The lowest BCUT2D eigenvalue weighted by Crippen LogP contribution is -2.18. The van der Waals surface area contributed by atoms with Gasteiger partial charge in [-0.2, -0.15) is 0 Å². The molecule has 0 aliphatic heterocycles. The predicted octanol–water partition coefficient (Wildman–Crippen LogP) is 2.88. The quantitative estimate of drug-likeness (QED) is 0.786. The number of nitrogens with one attached hydrogen (secondary N) is 1. The van der Waals surface area contributed by atoms with Crippen LogP contribution in [-0.4, -0.2) is 20.7 Å². The maximum atomic E-state index is 12.9. The third-order valence-electron chi connectivity index (χ3n) is 3.26.